The molecule has 1 aliphatic rings. The number of nitro benzene ring substituents is 1. The number of amides is 3. The number of carbonyl (C=O) groups is 3. The molecule has 37 heavy (non-hydrogen) atoms. The van der Waals surface area contributed by atoms with Crippen LogP contribution in [0.1, 0.15) is 22.3 Å². The Morgan fingerprint density at radius 1 is 1.05 bits per heavy atom. The first kappa shape index (κ1) is 25.6. The molecule has 3 amide bonds. The van der Waals surface area contributed by atoms with Gasteiger partial charge in [-0.1, -0.05) is 36.4 Å². The number of imide groups is 1. The number of hydrogen-bond donors (Lipinski definition) is 1. The average Bonchev–Trinajstić information content (AvgIpc) is 3.13. The van der Waals surface area contributed by atoms with Crippen molar-refractivity contribution < 1.29 is 24.0 Å². The largest absolute Gasteiger partial charge is 0.483 e. The molecule has 0 spiro atoms. The predicted octanol–water partition coefficient (Wildman–Crippen LogP) is 5.47. The second kappa shape index (κ2) is 11.1. The number of nitrogens with zero attached hydrogens (tertiary/aromatic N) is 2. The molecule has 10 heteroatoms. The van der Waals surface area contributed by atoms with Crippen LogP contribution in [0.25, 0.3) is 6.08 Å². The Balaban J connectivity index is 1.43. The molecular formula is C27H23N3O6S. The quantitative estimate of drug-likeness (QED) is 0.239. The van der Waals surface area contributed by atoms with Crippen molar-refractivity contribution in [3.63, 3.8) is 0 Å². The molecule has 1 saturated heterocycles. The van der Waals surface area contributed by atoms with Gasteiger partial charge >= 0.3 is 0 Å². The van der Waals surface area contributed by atoms with Gasteiger partial charge in [-0.15, -0.1) is 0 Å². The summed E-state index contributed by atoms with van der Waals surface area (Å²) in [7, 11) is 0. The molecule has 0 aliphatic carbocycles. The SMILES string of the molecule is Cc1ccc(NC(=O)COc2ccccc2/C=C2\SC(=O)N(Cc3ccc([N+](=O)[O-])cc3)C2=O)cc1C. The van der Waals surface area contributed by atoms with Crippen LogP contribution < -0.4 is 10.1 Å². The molecule has 1 fully saturated rings. The molecular weight excluding hydrogens is 494 g/mol. The predicted molar refractivity (Wildman–Crippen MR) is 141 cm³/mol. The van der Waals surface area contributed by atoms with E-state index in [1.54, 1.807) is 30.3 Å². The van der Waals surface area contributed by atoms with E-state index in [0.29, 0.717) is 22.6 Å². The molecule has 0 aromatic heterocycles. The molecule has 0 radical (unpaired) electrons. The molecule has 3 aromatic carbocycles. The summed E-state index contributed by atoms with van der Waals surface area (Å²) in [5.74, 6) is -0.419. The highest BCUT2D eigenvalue weighted by Crippen LogP contribution is 2.35. The number of rotatable bonds is 8. The Morgan fingerprint density at radius 2 is 1.78 bits per heavy atom. The first-order chi connectivity index (χ1) is 17.7. The fraction of sp³-hybridized carbons (Fsp3) is 0.148. The number of hydrogen-bond acceptors (Lipinski definition) is 7. The minimum atomic E-state index is -0.515. The average molecular weight is 518 g/mol. The number of thioether (sulfide) groups is 1. The van der Waals surface area contributed by atoms with Crippen LogP contribution in [0.3, 0.4) is 0 Å². The first-order valence-electron chi connectivity index (χ1n) is 11.3. The van der Waals surface area contributed by atoms with Crippen molar-refractivity contribution in [3.8, 4) is 5.75 Å². The van der Waals surface area contributed by atoms with E-state index in [0.717, 1.165) is 27.8 Å². The molecule has 1 heterocycles. The lowest BCUT2D eigenvalue weighted by Gasteiger charge is -2.12. The molecule has 1 N–H and O–H groups in total. The highest BCUT2D eigenvalue weighted by Gasteiger charge is 2.35. The Hall–Kier alpha value is -4.44. The zero-order valence-electron chi connectivity index (χ0n) is 20.1. The Bertz CT molecular complexity index is 1420. The van der Waals surface area contributed by atoms with Crippen molar-refractivity contribution >= 4 is 46.3 Å². The summed E-state index contributed by atoms with van der Waals surface area (Å²) in [5, 5.41) is 13.2. The minimum absolute atomic E-state index is 0.00317. The van der Waals surface area contributed by atoms with E-state index in [2.05, 4.69) is 5.32 Å². The number of nitrogens with one attached hydrogen (secondary N) is 1. The van der Waals surface area contributed by atoms with E-state index in [1.165, 1.54) is 24.3 Å². The van der Waals surface area contributed by atoms with Crippen molar-refractivity contribution in [2.24, 2.45) is 0 Å². The number of ether oxygens (including phenoxy) is 1. The summed E-state index contributed by atoms with van der Waals surface area (Å²) in [4.78, 5) is 49.5. The third-order valence-corrected chi connectivity index (χ3v) is 6.62. The summed E-state index contributed by atoms with van der Waals surface area (Å²) >= 11 is 0.797. The number of anilines is 1. The molecule has 188 valence electrons. The van der Waals surface area contributed by atoms with Crippen LogP contribution in [0.2, 0.25) is 0 Å². The van der Waals surface area contributed by atoms with E-state index in [-0.39, 0.29) is 29.7 Å². The molecule has 4 rings (SSSR count). The van der Waals surface area contributed by atoms with Gasteiger partial charge in [0.15, 0.2) is 6.61 Å². The van der Waals surface area contributed by atoms with Gasteiger partial charge < -0.3 is 10.1 Å². The lowest BCUT2D eigenvalue weighted by atomic mass is 10.1. The van der Waals surface area contributed by atoms with Gasteiger partial charge in [-0.3, -0.25) is 29.4 Å². The van der Waals surface area contributed by atoms with E-state index in [9.17, 15) is 24.5 Å². The summed E-state index contributed by atoms with van der Waals surface area (Å²) in [5.41, 5.74) is 3.92. The highest BCUT2D eigenvalue weighted by molar-refractivity contribution is 8.18. The molecule has 9 nitrogen and oxygen atoms in total. The van der Waals surface area contributed by atoms with Crippen molar-refractivity contribution in [2.45, 2.75) is 20.4 Å². The fourth-order valence-electron chi connectivity index (χ4n) is 3.57. The van der Waals surface area contributed by atoms with E-state index in [1.807, 2.05) is 32.0 Å². The maximum absolute atomic E-state index is 12.9. The normalized spacial score (nSPS) is 14.2. The van der Waals surface area contributed by atoms with E-state index >= 15 is 0 Å². The minimum Gasteiger partial charge on any atom is -0.483 e. The monoisotopic (exact) mass is 517 g/mol. The Kier molecular flexibility index (Phi) is 7.69. The topological polar surface area (TPSA) is 119 Å². The zero-order valence-corrected chi connectivity index (χ0v) is 20.9. The fourth-order valence-corrected chi connectivity index (χ4v) is 4.40. The number of nitro groups is 1. The second-order valence-electron chi connectivity index (χ2n) is 8.37. The summed E-state index contributed by atoms with van der Waals surface area (Å²) in [6.45, 7) is 3.72. The van der Waals surface area contributed by atoms with Crippen LogP contribution in [0.5, 0.6) is 5.75 Å². The van der Waals surface area contributed by atoms with Gasteiger partial charge in [-0.05, 0) is 66.6 Å². The number of aryl methyl sites for hydroxylation is 2. The highest BCUT2D eigenvalue weighted by atomic mass is 32.2. The van der Waals surface area contributed by atoms with Crippen molar-refractivity contribution in [1.82, 2.24) is 4.90 Å². The molecule has 0 saturated carbocycles. The van der Waals surface area contributed by atoms with Crippen LogP contribution in [-0.2, 0) is 16.1 Å². The second-order valence-corrected chi connectivity index (χ2v) is 9.36. The van der Waals surface area contributed by atoms with Crippen LogP contribution in [0, 0.1) is 24.0 Å². The standard InChI is InChI=1S/C27H23N3O6S/c1-17-7-10-21(13-18(17)2)28-25(31)16-36-23-6-4-3-5-20(23)14-24-26(32)29(27(33)37-24)15-19-8-11-22(12-9-19)30(34)35/h3-14H,15-16H2,1-2H3,(H,28,31)/b24-14-. The van der Waals surface area contributed by atoms with Gasteiger partial charge in [0.1, 0.15) is 5.75 Å². The zero-order chi connectivity index (χ0) is 26.5. The summed E-state index contributed by atoms with van der Waals surface area (Å²) in [6.07, 6.45) is 1.55. The molecule has 0 bridgehead atoms. The Labute approximate surface area is 217 Å². The van der Waals surface area contributed by atoms with Crippen molar-refractivity contribution in [3.05, 3.63) is 104 Å². The first-order valence-corrected chi connectivity index (χ1v) is 12.1. The molecule has 1 aliphatic heterocycles. The van der Waals surface area contributed by atoms with Gasteiger partial charge in [0.25, 0.3) is 22.7 Å². The van der Waals surface area contributed by atoms with Crippen LogP contribution in [-0.4, -0.2) is 33.5 Å². The van der Waals surface area contributed by atoms with Gasteiger partial charge in [0.05, 0.1) is 16.4 Å². The third-order valence-electron chi connectivity index (χ3n) is 5.72. The number of carbonyl (C=O) groups excluding carboxylic acids is 3. The van der Waals surface area contributed by atoms with Gasteiger partial charge in [-0.25, -0.2) is 0 Å². The van der Waals surface area contributed by atoms with Gasteiger partial charge in [-0.2, -0.15) is 0 Å². The lowest BCUT2D eigenvalue weighted by molar-refractivity contribution is -0.384. The summed E-state index contributed by atoms with van der Waals surface area (Å²) < 4.78 is 5.72. The molecule has 0 unspecified atom stereocenters. The molecule has 3 aromatic rings. The van der Waals surface area contributed by atoms with Crippen molar-refractivity contribution in [1.29, 1.82) is 0 Å². The lowest BCUT2D eigenvalue weighted by Crippen LogP contribution is -2.27. The Morgan fingerprint density at radius 3 is 2.49 bits per heavy atom. The number of benzene rings is 3. The number of para-hydroxylation sites is 1. The number of non-ortho nitro benzene ring substituents is 1. The molecule has 0 atom stereocenters. The van der Waals surface area contributed by atoms with E-state index < -0.39 is 16.1 Å². The van der Waals surface area contributed by atoms with Crippen LogP contribution in [0.15, 0.2) is 71.6 Å². The van der Waals surface area contributed by atoms with Gasteiger partial charge in [0, 0.05) is 23.4 Å². The summed E-state index contributed by atoms with van der Waals surface area (Å²) in [6, 6.07) is 18.2. The van der Waals surface area contributed by atoms with Crippen molar-refractivity contribution in [2.75, 3.05) is 11.9 Å². The smallest absolute Gasteiger partial charge is 0.293 e. The van der Waals surface area contributed by atoms with Gasteiger partial charge in [0.2, 0.25) is 0 Å². The van der Waals surface area contributed by atoms with Crippen LogP contribution in [0.4, 0.5) is 16.2 Å². The van der Waals surface area contributed by atoms with E-state index in [4.69, 9.17) is 4.74 Å². The maximum atomic E-state index is 12.9. The third kappa shape index (κ3) is 6.22. The maximum Gasteiger partial charge on any atom is 0.293 e. The van der Waals surface area contributed by atoms with Crippen LogP contribution >= 0.6 is 11.8 Å².